The van der Waals surface area contributed by atoms with Gasteiger partial charge in [-0.25, -0.2) is 0 Å². The highest BCUT2D eigenvalue weighted by Crippen LogP contribution is 2.18. The number of likely N-dealkylation sites (N-methyl/N-ethyl adjacent to an activating group) is 1. The van der Waals surface area contributed by atoms with Crippen molar-refractivity contribution >= 4 is 11.6 Å². The molecule has 2 aromatic rings. The van der Waals surface area contributed by atoms with E-state index >= 15 is 0 Å². The van der Waals surface area contributed by atoms with Gasteiger partial charge in [-0.05, 0) is 32.2 Å². The number of halogens is 1. The first kappa shape index (κ1) is 13.8. The minimum Gasteiger partial charge on any atom is -0.484 e. The Balaban J connectivity index is 1.90. The number of benzene rings is 1. The molecule has 1 unspecified atom stereocenters. The molecule has 5 nitrogen and oxygen atoms in total. The molecule has 0 radical (unpaired) electrons. The SMILES string of the molecule is CNC(C)Cc1noc(COc2cccc(Cl)c2)n1. The summed E-state index contributed by atoms with van der Waals surface area (Å²) in [6, 6.07) is 7.48. The number of ether oxygens (including phenoxy) is 1. The van der Waals surface area contributed by atoms with Crippen molar-refractivity contribution in [1.82, 2.24) is 15.5 Å². The Morgan fingerprint density at radius 1 is 1.47 bits per heavy atom. The minimum atomic E-state index is 0.237. The lowest BCUT2D eigenvalue weighted by atomic mass is 10.2. The van der Waals surface area contributed by atoms with Gasteiger partial charge in [0.25, 0.3) is 5.89 Å². The van der Waals surface area contributed by atoms with Crippen LogP contribution < -0.4 is 10.1 Å². The van der Waals surface area contributed by atoms with Gasteiger partial charge in [0.2, 0.25) is 0 Å². The highest BCUT2D eigenvalue weighted by Gasteiger charge is 2.09. The number of nitrogens with one attached hydrogen (secondary N) is 1. The van der Waals surface area contributed by atoms with Crippen molar-refractivity contribution < 1.29 is 9.26 Å². The van der Waals surface area contributed by atoms with E-state index in [9.17, 15) is 0 Å². The van der Waals surface area contributed by atoms with Gasteiger partial charge < -0.3 is 14.6 Å². The van der Waals surface area contributed by atoms with E-state index in [0.717, 1.165) is 6.42 Å². The Hall–Kier alpha value is -1.59. The second kappa shape index (κ2) is 6.54. The molecule has 19 heavy (non-hydrogen) atoms. The molecule has 0 aliphatic rings. The van der Waals surface area contributed by atoms with Crippen LogP contribution in [0.15, 0.2) is 28.8 Å². The predicted molar refractivity (Wildman–Crippen MR) is 72.3 cm³/mol. The number of aromatic nitrogens is 2. The molecule has 1 aromatic heterocycles. The molecule has 102 valence electrons. The van der Waals surface area contributed by atoms with Crippen LogP contribution in [0, 0.1) is 0 Å². The number of hydrogen-bond acceptors (Lipinski definition) is 5. The summed E-state index contributed by atoms with van der Waals surface area (Å²) in [5.74, 6) is 1.81. The van der Waals surface area contributed by atoms with Crippen LogP contribution in [-0.2, 0) is 13.0 Å². The third-order valence-corrected chi connectivity index (χ3v) is 2.89. The molecule has 0 fully saturated rings. The lowest BCUT2D eigenvalue weighted by Gasteiger charge is -2.04. The van der Waals surface area contributed by atoms with E-state index in [0.29, 0.717) is 28.5 Å². The second-order valence-electron chi connectivity index (χ2n) is 4.24. The van der Waals surface area contributed by atoms with E-state index in [4.69, 9.17) is 20.9 Å². The summed E-state index contributed by atoms with van der Waals surface area (Å²) in [5, 5.41) is 7.65. The van der Waals surface area contributed by atoms with E-state index in [-0.39, 0.29) is 6.61 Å². The van der Waals surface area contributed by atoms with Crippen LogP contribution in [0.4, 0.5) is 0 Å². The van der Waals surface area contributed by atoms with Crippen LogP contribution in [0.2, 0.25) is 5.02 Å². The largest absolute Gasteiger partial charge is 0.484 e. The zero-order chi connectivity index (χ0) is 13.7. The normalized spacial score (nSPS) is 12.4. The van der Waals surface area contributed by atoms with Crippen LogP contribution in [0.1, 0.15) is 18.6 Å². The Bertz CT molecular complexity index is 530. The van der Waals surface area contributed by atoms with E-state index < -0.39 is 0 Å². The summed E-state index contributed by atoms with van der Waals surface area (Å²) in [6.45, 7) is 2.29. The first-order valence-electron chi connectivity index (χ1n) is 6.04. The fourth-order valence-corrected chi connectivity index (χ4v) is 1.69. The van der Waals surface area contributed by atoms with Crippen LogP contribution >= 0.6 is 11.6 Å². The fourth-order valence-electron chi connectivity index (χ4n) is 1.51. The van der Waals surface area contributed by atoms with Crippen molar-refractivity contribution in [2.24, 2.45) is 0 Å². The maximum atomic E-state index is 5.87. The van der Waals surface area contributed by atoms with Gasteiger partial charge in [0.1, 0.15) is 5.75 Å². The summed E-state index contributed by atoms with van der Waals surface area (Å²) >= 11 is 5.87. The molecule has 0 bridgehead atoms. The highest BCUT2D eigenvalue weighted by molar-refractivity contribution is 6.30. The van der Waals surface area contributed by atoms with Crippen molar-refractivity contribution in [3.8, 4) is 5.75 Å². The number of hydrogen-bond donors (Lipinski definition) is 1. The Morgan fingerprint density at radius 2 is 2.32 bits per heavy atom. The zero-order valence-electron chi connectivity index (χ0n) is 10.9. The predicted octanol–water partition coefficient (Wildman–Crippen LogP) is 2.45. The van der Waals surface area contributed by atoms with Crippen molar-refractivity contribution in [2.75, 3.05) is 7.05 Å². The highest BCUT2D eigenvalue weighted by atomic mass is 35.5. The molecule has 0 amide bonds. The Labute approximate surface area is 116 Å². The quantitative estimate of drug-likeness (QED) is 0.881. The number of rotatable bonds is 6. The Kier molecular flexibility index (Phi) is 4.76. The number of nitrogens with zero attached hydrogens (tertiary/aromatic N) is 2. The summed E-state index contributed by atoms with van der Waals surface area (Å²) in [5.41, 5.74) is 0. The summed E-state index contributed by atoms with van der Waals surface area (Å²) in [7, 11) is 1.90. The molecule has 1 atom stereocenters. The van der Waals surface area contributed by atoms with Crippen LogP contribution in [0.3, 0.4) is 0 Å². The maximum absolute atomic E-state index is 5.87. The molecule has 0 aliphatic heterocycles. The molecule has 1 heterocycles. The van der Waals surface area contributed by atoms with Crippen LogP contribution in [0.25, 0.3) is 0 Å². The van der Waals surface area contributed by atoms with Gasteiger partial charge in [-0.1, -0.05) is 22.8 Å². The third-order valence-electron chi connectivity index (χ3n) is 2.65. The van der Waals surface area contributed by atoms with E-state index in [1.165, 1.54) is 0 Å². The molecule has 0 spiro atoms. The molecule has 1 aromatic carbocycles. The minimum absolute atomic E-state index is 0.237. The van der Waals surface area contributed by atoms with Crippen molar-refractivity contribution in [3.63, 3.8) is 0 Å². The summed E-state index contributed by atoms with van der Waals surface area (Å²) in [6.07, 6.45) is 0.719. The van der Waals surface area contributed by atoms with Crippen molar-refractivity contribution in [1.29, 1.82) is 0 Å². The second-order valence-corrected chi connectivity index (χ2v) is 4.68. The first-order valence-corrected chi connectivity index (χ1v) is 6.42. The van der Waals surface area contributed by atoms with Gasteiger partial charge in [-0.3, -0.25) is 0 Å². The van der Waals surface area contributed by atoms with Crippen molar-refractivity contribution in [2.45, 2.75) is 26.0 Å². The lowest BCUT2D eigenvalue weighted by Crippen LogP contribution is -2.24. The average Bonchev–Trinajstić information content (AvgIpc) is 2.84. The molecular formula is C13H16ClN3O2. The molecule has 6 heteroatoms. The van der Waals surface area contributed by atoms with E-state index in [2.05, 4.69) is 22.4 Å². The first-order chi connectivity index (χ1) is 9.17. The smallest absolute Gasteiger partial charge is 0.264 e. The van der Waals surface area contributed by atoms with Crippen molar-refractivity contribution in [3.05, 3.63) is 41.0 Å². The molecular weight excluding hydrogens is 266 g/mol. The molecule has 0 saturated heterocycles. The van der Waals surface area contributed by atoms with Gasteiger partial charge in [-0.15, -0.1) is 0 Å². The summed E-state index contributed by atoms with van der Waals surface area (Å²) < 4.78 is 10.6. The van der Waals surface area contributed by atoms with Crippen LogP contribution in [0.5, 0.6) is 5.75 Å². The van der Waals surface area contributed by atoms with Gasteiger partial charge in [0.15, 0.2) is 12.4 Å². The van der Waals surface area contributed by atoms with Crippen LogP contribution in [-0.4, -0.2) is 23.2 Å². The topological polar surface area (TPSA) is 60.2 Å². The molecule has 0 saturated carbocycles. The monoisotopic (exact) mass is 281 g/mol. The average molecular weight is 282 g/mol. The lowest BCUT2D eigenvalue weighted by molar-refractivity contribution is 0.242. The molecule has 0 aliphatic carbocycles. The van der Waals surface area contributed by atoms with Gasteiger partial charge in [0.05, 0.1) is 0 Å². The maximum Gasteiger partial charge on any atom is 0.264 e. The zero-order valence-corrected chi connectivity index (χ0v) is 11.6. The Morgan fingerprint density at radius 3 is 3.05 bits per heavy atom. The molecule has 1 N–H and O–H groups in total. The third kappa shape index (κ3) is 4.22. The standard InChI is InChI=1S/C13H16ClN3O2/c1-9(15-2)6-12-16-13(19-17-12)8-18-11-5-3-4-10(14)7-11/h3-5,7,9,15H,6,8H2,1-2H3. The van der Waals surface area contributed by atoms with Gasteiger partial charge >= 0.3 is 0 Å². The fraction of sp³-hybridized carbons (Fsp3) is 0.385. The van der Waals surface area contributed by atoms with Gasteiger partial charge in [-0.2, -0.15) is 4.98 Å². The summed E-state index contributed by atoms with van der Waals surface area (Å²) in [4.78, 5) is 4.26. The van der Waals surface area contributed by atoms with E-state index in [1.54, 1.807) is 12.1 Å². The van der Waals surface area contributed by atoms with Gasteiger partial charge in [0, 0.05) is 17.5 Å². The van der Waals surface area contributed by atoms with E-state index in [1.807, 2.05) is 19.2 Å². The molecule has 2 rings (SSSR count).